The van der Waals surface area contributed by atoms with Gasteiger partial charge in [0.1, 0.15) is 18.5 Å². The van der Waals surface area contributed by atoms with Crippen LogP contribution in [-0.4, -0.2) is 57.2 Å². The van der Waals surface area contributed by atoms with Crippen molar-refractivity contribution in [2.24, 2.45) is 0 Å². The second kappa shape index (κ2) is 9.66. The summed E-state index contributed by atoms with van der Waals surface area (Å²) in [6, 6.07) is 14.7. The Kier molecular flexibility index (Phi) is 7.42. The Labute approximate surface area is 185 Å². The summed E-state index contributed by atoms with van der Waals surface area (Å²) in [6.07, 6.45) is 0.371. The number of aliphatic hydroxyl groups is 1. The van der Waals surface area contributed by atoms with Crippen molar-refractivity contribution in [1.29, 1.82) is 0 Å². The lowest BCUT2D eigenvalue weighted by Gasteiger charge is -2.37. The van der Waals surface area contributed by atoms with Gasteiger partial charge in [-0.3, -0.25) is 9.11 Å². The summed E-state index contributed by atoms with van der Waals surface area (Å²) in [5.41, 5.74) is 1.67. The molecule has 1 aliphatic rings. The van der Waals surface area contributed by atoms with E-state index in [2.05, 4.69) is 24.8 Å². The maximum absolute atomic E-state index is 11.0. The molecule has 1 fully saturated rings. The van der Waals surface area contributed by atoms with Crippen LogP contribution in [0.2, 0.25) is 5.02 Å². The second-order valence-corrected chi connectivity index (χ2v) is 9.59. The molecule has 30 heavy (non-hydrogen) atoms. The third-order valence-electron chi connectivity index (χ3n) is 5.90. The number of likely N-dealkylation sites (tertiary alicyclic amines) is 1. The predicted octanol–water partition coefficient (Wildman–Crippen LogP) is 3.58. The van der Waals surface area contributed by atoms with Gasteiger partial charge in [-0.05, 0) is 68.8 Å². The molecule has 0 saturated carbocycles. The summed E-state index contributed by atoms with van der Waals surface area (Å²) < 4.78 is 28.8. The number of hydrogen-bond donors (Lipinski definition) is 1. The third kappa shape index (κ3) is 5.34. The maximum atomic E-state index is 11.0. The van der Waals surface area contributed by atoms with Gasteiger partial charge >= 0.3 is 0 Å². The van der Waals surface area contributed by atoms with Crippen molar-refractivity contribution < 1.29 is 18.6 Å². The van der Waals surface area contributed by atoms with E-state index in [9.17, 15) is 13.9 Å². The molecular weight excluding hydrogens is 424 g/mol. The van der Waals surface area contributed by atoms with Crippen LogP contribution in [0.15, 0.2) is 48.5 Å². The van der Waals surface area contributed by atoms with E-state index in [1.54, 1.807) is 24.3 Å². The fraction of sp³-hybridized carbons (Fsp3) is 0.455. The van der Waals surface area contributed by atoms with Gasteiger partial charge in [-0.2, -0.15) is 0 Å². The molecule has 0 amide bonds. The van der Waals surface area contributed by atoms with Crippen molar-refractivity contribution in [1.82, 2.24) is 4.90 Å². The molecule has 8 heteroatoms. The Hall–Kier alpha value is -1.64. The minimum absolute atomic E-state index is 0.105. The number of anilines is 1. The highest BCUT2D eigenvalue weighted by Crippen LogP contribution is 2.42. The topological polar surface area (TPSA) is 76.1 Å². The summed E-state index contributed by atoms with van der Waals surface area (Å²) >= 11 is 3.86. The highest BCUT2D eigenvalue weighted by atomic mass is 35.5. The molecule has 2 aromatic rings. The largest absolute Gasteiger partial charge is 0.755 e. The first-order valence-corrected chi connectivity index (χ1v) is 11.3. The smallest absolute Gasteiger partial charge is 0.119 e. The van der Waals surface area contributed by atoms with E-state index in [4.69, 9.17) is 16.3 Å². The molecule has 6 nitrogen and oxygen atoms in total. The molecule has 164 valence electrons. The number of nitrogens with zero attached hydrogens (tertiary/aromatic N) is 2. The number of ether oxygens (including phenoxy) is 1. The normalized spacial score (nSPS) is 20.7. The molecule has 1 saturated heterocycles. The van der Waals surface area contributed by atoms with E-state index in [0.29, 0.717) is 23.9 Å². The van der Waals surface area contributed by atoms with Crippen LogP contribution in [0.25, 0.3) is 0 Å². The molecule has 0 aromatic heterocycles. The lowest BCUT2D eigenvalue weighted by atomic mass is 9.82. The van der Waals surface area contributed by atoms with Gasteiger partial charge in [0.2, 0.25) is 0 Å². The maximum Gasteiger partial charge on any atom is 0.119 e. The van der Waals surface area contributed by atoms with E-state index in [-0.39, 0.29) is 12.1 Å². The van der Waals surface area contributed by atoms with Gasteiger partial charge in [-0.25, -0.2) is 0 Å². The molecule has 1 N–H and O–H groups in total. The second-order valence-electron chi connectivity index (χ2n) is 8.17. The summed E-state index contributed by atoms with van der Waals surface area (Å²) in [5.74, 6) is 0.931. The van der Waals surface area contributed by atoms with Crippen LogP contribution in [0.4, 0.5) is 5.69 Å². The molecule has 0 aliphatic carbocycles. The van der Waals surface area contributed by atoms with E-state index in [1.165, 1.54) is 12.6 Å². The number of benzene rings is 2. The average Bonchev–Trinajstić information content (AvgIpc) is 3.00. The first-order chi connectivity index (χ1) is 14.2. The first-order valence-electron chi connectivity index (χ1n) is 9.93. The fourth-order valence-corrected chi connectivity index (χ4v) is 4.60. The van der Waals surface area contributed by atoms with Gasteiger partial charge in [0.25, 0.3) is 0 Å². The minimum atomic E-state index is -2.32. The molecule has 2 aromatic carbocycles. The van der Waals surface area contributed by atoms with Gasteiger partial charge in [0.15, 0.2) is 0 Å². The van der Waals surface area contributed by atoms with Crippen LogP contribution < -0.4 is 9.04 Å². The van der Waals surface area contributed by atoms with Crippen molar-refractivity contribution in [3.8, 4) is 5.75 Å². The number of aliphatic hydroxyl groups excluding tert-OH is 1. The van der Waals surface area contributed by atoms with Gasteiger partial charge in [-0.15, -0.1) is 0 Å². The minimum Gasteiger partial charge on any atom is -0.755 e. The molecule has 0 radical (unpaired) electrons. The average molecular weight is 452 g/mol. The van der Waals surface area contributed by atoms with Crippen LogP contribution in [0.5, 0.6) is 5.75 Å². The van der Waals surface area contributed by atoms with Gasteiger partial charge < -0.3 is 18.7 Å². The van der Waals surface area contributed by atoms with Crippen molar-refractivity contribution in [2.75, 3.05) is 31.0 Å². The number of β-amino-alcohol motifs (C(OH)–C–C–N with tert-alkyl or cyclic N) is 1. The number of rotatable bonds is 8. The van der Waals surface area contributed by atoms with Crippen molar-refractivity contribution >= 4 is 28.6 Å². The molecule has 1 unspecified atom stereocenters. The third-order valence-corrected chi connectivity index (χ3v) is 6.80. The van der Waals surface area contributed by atoms with Crippen molar-refractivity contribution in [3.05, 3.63) is 59.1 Å². The van der Waals surface area contributed by atoms with Crippen molar-refractivity contribution in [2.45, 2.75) is 37.8 Å². The predicted molar refractivity (Wildman–Crippen MR) is 120 cm³/mol. The standard InChI is InChI=1S/C22H29ClN2O4S/c1-22(2)21(16-5-4-6-17(23)13-16)11-12-25(22)14-19(26)15-29-20-9-7-18(8-10-20)24(3)30(27)28/h4-10,13,19,21,26H,11-12,14-15H2,1-3H3,(H,27,28)/p-1/t19-,21+/m1/s1. The zero-order chi connectivity index (χ0) is 21.9. The van der Waals surface area contributed by atoms with Crippen LogP contribution in [0, 0.1) is 0 Å². The molecule has 0 bridgehead atoms. The molecule has 3 rings (SSSR count). The Morgan fingerprint density at radius 1 is 1.33 bits per heavy atom. The lowest BCUT2D eigenvalue weighted by Crippen LogP contribution is -2.46. The summed E-state index contributed by atoms with van der Waals surface area (Å²) in [5, 5.41) is 11.3. The number of halogens is 1. The Balaban J connectivity index is 1.55. The zero-order valence-corrected chi connectivity index (χ0v) is 19.0. The van der Waals surface area contributed by atoms with E-state index in [1.807, 2.05) is 18.2 Å². The SMILES string of the molecule is CN(c1ccc(OC[C@H](O)CN2CC[C@@H](c3cccc(Cl)c3)C2(C)C)cc1)S(=O)[O-]. The summed E-state index contributed by atoms with van der Waals surface area (Å²) in [7, 11) is 1.47. The summed E-state index contributed by atoms with van der Waals surface area (Å²) in [6.45, 7) is 5.98. The Bertz CT molecular complexity index is 878. The van der Waals surface area contributed by atoms with Crippen LogP contribution in [0.3, 0.4) is 0 Å². The van der Waals surface area contributed by atoms with Gasteiger partial charge in [0.05, 0.1) is 0 Å². The first kappa shape index (κ1) is 23.0. The molecule has 1 aliphatic heterocycles. The fourth-order valence-electron chi connectivity index (χ4n) is 4.11. The molecule has 3 atom stereocenters. The van der Waals surface area contributed by atoms with Crippen LogP contribution in [-0.2, 0) is 11.3 Å². The van der Waals surface area contributed by atoms with E-state index in [0.717, 1.165) is 22.3 Å². The molecule has 0 spiro atoms. The Morgan fingerprint density at radius 2 is 2.03 bits per heavy atom. The van der Waals surface area contributed by atoms with E-state index < -0.39 is 17.4 Å². The lowest BCUT2D eigenvalue weighted by molar-refractivity contribution is 0.0433. The van der Waals surface area contributed by atoms with Gasteiger partial charge in [-0.1, -0.05) is 23.7 Å². The van der Waals surface area contributed by atoms with Crippen molar-refractivity contribution in [3.63, 3.8) is 0 Å². The van der Waals surface area contributed by atoms with Crippen LogP contribution >= 0.6 is 11.6 Å². The highest BCUT2D eigenvalue weighted by molar-refractivity contribution is 7.80. The number of hydrogen-bond acceptors (Lipinski definition) is 5. The van der Waals surface area contributed by atoms with Gasteiger partial charge in [0, 0.05) is 47.0 Å². The van der Waals surface area contributed by atoms with E-state index >= 15 is 0 Å². The quantitative estimate of drug-likeness (QED) is 0.621. The Morgan fingerprint density at radius 3 is 2.67 bits per heavy atom. The highest BCUT2D eigenvalue weighted by Gasteiger charge is 2.42. The molecular formula is C22H28ClN2O4S-. The van der Waals surface area contributed by atoms with Crippen LogP contribution in [0.1, 0.15) is 31.7 Å². The summed E-state index contributed by atoms with van der Waals surface area (Å²) in [4.78, 5) is 2.30. The molecule has 1 heterocycles. The zero-order valence-electron chi connectivity index (χ0n) is 17.5. The monoisotopic (exact) mass is 451 g/mol.